The van der Waals surface area contributed by atoms with Gasteiger partial charge >= 0.3 is 11.9 Å². The van der Waals surface area contributed by atoms with Gasteiger partial charge in [-0.3, -0.25) is 9.59 Å². The molecule has 1 rings (SSSR count). The number of aliphatic carboxylic acids is 2. The third-order valence-electron chi connectivity index (χ3n) is 2.98. The Morgan fingerprint density at radius 2 is 1.36 bits per heavy atom. The fourth-order valence-corrected chi connectivity index (χ4v) is 1.48. The van der Waals surface area contributed by atoms with Crippen LogP contribution >= 0.6 is 0 Å². The predicted molar refractivity (Wildman–Crippen MR) is 95.6 cm³/mol. The average Bonchev–Trinajstić information content (AvgIpc) is 3.15. The number of carboxylic acid groups (broad SMARTS) is 2. The van der Waals surface area contributed by atoms with E-state index in [-0.39, 0.29) is 0 Å². The third-order valence-corrected chi connectivity index (χ3v) is 2.98. The molecule has 0 aliphatic rings. The van der Waals surface area contributed by atoms with E-state index >= 15 is 0 Å². The zero-order valence-corrected chi connectivity index (χ0v) is 14.5. The Morgan fingerprint density at radius 3 is 1.56 bits per heavy atom. The molecule has 0 spiro atoms. The number of aromatic nitrogens is 2. The lowest BCUT2D eigenvalue weighted by Gasteiger charge is -2.03. The minimum Gasteiger partial charge on any atom is -0.480 e. The standard InChI is InChI=1S/2C6H14N2O2.C3H4N2/c2*7-4-2-1-3-5(8)6(9)10;1-2-5-3-4-1/h2*5H,1-4,7-8H2,(H,9,10);1-3H,(H,4,5)/t2*5-;/m00./s1. The van der Waals surface area contributed by atoms with Gasteiger partial charge in [0.1, 0.15) is 12.1 Å². The Hall–Kier alpha value is -2.01. The van der Waals surface area contributed by atoms with Crippen molar-refractivity contribution in [3.8, 4) is 0 Å². The molecule has 1 heterocycles. The van der Waals surface area contributed by atoms with Crippen LogP contribution in [0.4, 0.5) is 0 Å². The van der Waals surface area contributed by atoms with Gasteiger partial charge < -0.3 is 38.1 Å². The van der Waals surface area contributed by atoms with E-state index in [0.29, 0.717) is 25.9 Å². The molecule has 11 N–H and O–H groups in total. The minimum absolute atomic E-state index is 0.520. The van der Waals surface area contributed by atoms with Crippen molar-refractivity contribution in [1.29, 1.82) is 0 Å². The first-order valence-corrected chi connectivity index (χ1v) is 8.16. The van der Waals surface area contributed by atoms with Gasteiger partial charge in [0.2, 0.25) is 0 Å². The molecule has 10 heteroatoms. The molecule has 0 fully saturated rings. The number of imidazole rings is 1. The Kier molecular flexibility index (Phi) is 18.5. The van der Waals surface area contributed by atoms with Crippen LogP contribution in [-0.2, 0) is 9.59 Å². The molecule has 1 aromatic rings. The number of carbonyl (C=O) groups is 2. The van der Waals surface area contributed by atoms with Gasteiger partial charge in [-0.2, -0.15) is 0 Å². The van der Waals surface area contributed by atoms with Gasteiger partial charge in [0, 0.05) is 12.4 Å². The predicted octanol–water partition coefficient (Wildman–Crippen LogP) is -0.536. The van der Waals surface area contributed by atoms with Crippen LogP contribution in [0.5, 0.6) is 0 Å². The molecule has 0 saturated carbocycles. The van der Waals surface area contributed by atoms with E-state index in [9.17, 15) is 9.59 Å². The van der Waals surface area contributed by atoms with Crippen LogP contribution in [-0.4, -0.2) is 57.3 Å². The van der Waals surface area contributed by atoms with E-state index in [1.165, 1.54) is 0 Å². The van der Waals surface area contributed by atoms with Gasteiger partial charge in [-0.15, -0.1) is 0 Å². The molecule has 0 saturated heterocycles. The largest absolute Gasteiger partial charge is 0.480 e. The molecular weight excluding hydrogens is 328 g/mol. The fraction of sp³-hybridized carbons (Fsp3) is 0.667. The van der Waals surface area contributed by atoms with Crippen molar-refractivity contribution < 1.29 is 19.8 Å². The van der Waals surface area contributed by atoms with Crippen molar-refractivity contribution in [2.24, 2.45) is 22.9 Å². The maximum atomic E-state index is 10.1. The molecule has 10 nitrogen and oxygen atoms in total. The van der Waals surface area contributed by atoms with Crippen LogP contribution in [0.15, 0.2) is 18.7 Å². The lowest BCUT2D eigenvalue weighted by molar-refractivity contribution is -0.139. The van der Waals surface area contributed by atoms with Crippen molar-refractivity contribution in [3.63, 3.8) is 0 Å². The summed E-state index contributed by atoms with van der Waals surface area (Å²) in [4.78, 5) is 26.7. The zero-order chi connectivity index (χ0) is 19.5. The number of carboxylic acids is 2. The summed E-state index contributed by atoms with van der Waals surface area (Å²) in [7, 11) is 0. The fourth-order valence-electron chi connectivity index (χ4n) is 1.48. The molecule has 0 aliphatic heterocycles. The van der Waals surface area contributed by atoms with Gasteiger partial charge in [0.05, 0.1) is 6.33 Å². The number of unbranched alkanes of at least 4 members (excludes halogenated alkanes) is 2. The summed E-state index contributed by atoms with van der Waals surface area (Å²) in [5, 5.41) is 16.7. The van der Waals surface area contributed by atoms with Crippen molar-refractivity contribution in [2.45, 2.75) is 50.6 Å². The molecule has 0 unspecified atom stereocenters. The van der Waals surface area contributed by atoms with Crippen LogP contribution in [0.25, 0.3) is 0 Å². The monoisotopic (exact) mass is 360 g/mol. The second kappa shape index (κ2) is 18.3. The van der Waals surface area contributed by atoms with E-state index < -0.39 is 24.0 Å². The van der Waals surface area contributed by atoms with Crippen LogP contribution in [0.1, 0.15) is 38.5 Å². The summed E-state index contributed by atoms with van der Waals surface area (Å²) in [6, 6.07) is -1.43. The van der Waals surface area contributed by atoms with Gasteiger partial charge in [-0.1, -0.05) is 12.8 Å². The number of H-pyrrole nitrogens is 1. The summed E-state index contributed by atoms with van der Waals surface area (Å²) in [5.74, 6) is -1.87. The lowest BCUT2D eigenvalue weighted by atomic mass is 10.1. The van der Waals surface area contributed by atoms with Gasteiger partial charge in [0.15, 0.2) is 0 Å². The number of nitrogens with zero attached hydrogens (tertiary/aromatic N) is 1. The molecule has 146 valence electrons. The Bertz CT molecular complexity index is 373. The number of hydrogen-bond acceptors (Lipinski definition) is 7. The Morgan fingerprint density at radius 1 is 0.920 bits per heavy atom. The number of nitrogens with two attached hydrogens (primary N) is 4. The molecule has 25 heavy (non-hydrogen) atoms. The van der Waals surface area contributed by atoms with Crippen LogP contribution in [0, 0.1) is 0 Å². The SMILES string of the molecule is NCCCC[C@H](N)C(=O)O.NCCCC[C@H](N)C(=O)O.c1c[nH]cn1. The number of nitrogens with one attached hydrogen (secondary N) is 1. The summed E-state index contributed by atoms with van der Waals surface area (Å²) < 4.78 is 0. The van der Waals surface area contributed by atoms with Crippen LogP contribution in [0.3, 0.4) is 0 Å². The molecule has 2 atom stereocenters. The van der Waals surface area contributed by atoms with Crippen molar-refractivity contribution in [2.75, 3.05) is 13.1 Å². The number of aromatic amines is 1. The van der Waals surface area contributed by atoms with Crippen LogP contribution in [0.2, 0.25) is 0 Å². The zero-order valence-electron chi connectivity index (χ0n) is 14.5. The molecule has 0 aliphatic carbocycles. The maximum Gasteiger partial charge on any atom is 0.320 e. The van der Waals surface area contributed by atoms with E-state index in [2.05, 4.69) is 9.97 Å². The van der Waals surface area contributed by atoms with Gasteiger partial charge in [0.25, 0.3) is 0 Å². The maximum absolute atomic E-state index is 10.1. The summed E-state index contributed by atoms with van der Waals surface area (Å²) >= 11 is 0. The van der Waals surface area contributed by atoms with E-state index in [1.807, 2.05) is 0 Å². The Balaban J connectivity index is 0. The van der Waals surface area contributed by atoms with Crippen molar-refractivity contribution in [1.82, 2.24) is 9.97 Å². The molecule has 0 radical (unpaired) electrons. The highest BCUT2D eigenvalue weighted by molar-refractivity contribution is 5.73. The topological polar surface area (TPSA) is 207 Å². The lowest BCUT2D eigenvalue weighted by Crippen LogP contribution is -2.29. The highest BCUT2D eigenvalue weighted by atomic mass is 16.4. The molecule has 0 aromatic carbocycles. The first-order chi connectivity index (χ1) is 11.9. The summed E-state index contributed by atoms with van der Waals surface area (Å²) in [6.45, 7) is 1.21. The number of rotatable bonds is 10. The minimum atomic E-state index is -0.933. The average molecular weight is 360 g/mol. The Labute approximate surface area is 148 Å². The quantitative estimate of drug-likeness (QED) is 0.267. The number of hydrogen-bond donors (Lipinski definition) is 7. The molecule has 1 aromatic heterocycles. The highest BCUT2D eigenvalue weighted by Crippen LogP contribution is 1.97. The first kappa shape index (κ1) is 25.2. The second-order valence-corrected chi connectivity index (χ2v) is 5.22. The van der Waals surface area contributed by atoms with Crippen LogP contribution < -0.4 is 22.9 Å². The second-order valence-electron chi connectivity index (χ2n) is 5.22. The van der Waals surface area contributed by atoms with Gasteiger partial charge in [-0.25, -0.2) is 4.98 Å². The van der Waals surface area contributed by atoms with E-state index in [1.54, 1.807) is 18.7 Å². The molecule has 0 bridgehead atoms. The smallest absolute Gasteiger partial charge is 0.320 e. The summed E-state index contributed by atoms with van der Waals surface area (Å²) in [5.41, 5.74) is 20.8. The molecule has 0 amide bonds. The van der Waals surface area contributed by atoms with E-state index in [4.69, 9.17) is 33.1 Å². The highest BCUT2D eigenvalue weighted by Gasteiger charge is 2.09. The first-order valence-electron chi connectivity index (χ1n) is 8.16. The molecular formula is C15H32N6O4. The van der Waals surface area contributed by atoms with Gasteiger partial charge in [-0.05, 0) is 38.8 Å². The third kappa shape index (κ3) is 19.9. The van der Waals surface area contributed by atoms with Crippen molar-refractivity contribution in [3.05, 3.63) is 18.7 Å². The normalized spacial score (nSPS) is 12.0. The van der Waals surface area contributed by atoms with Crippen molar-refractivity contribution >= 4 is 11.9 Å². The summed E-state index contributed by atoms with van der Waals surface area (Å²) in [6.07, 6.45) is 9.41. The van der Waals surface area contributed by atoms with E-state index in [0.717, 1.165) is 25.7 Å².